The van der Waals surface area contributed by atoms with E-state index >= 15 is 0 Å². The summed E-state index contributed by atoms with van der Waals surface area (Å²) in [5.41, 5.74) is 4.68. The Kier molecular flexibility index (Phi) is 1.98. The molecule has 0 heterocycles. The molecule has 2 atom stereocenters. The van der Waals surface area contributed by atoms with Gasteiger partial charge in [-0.2, -0.15) is 0 Å². The average molecular weight is 179 g/mol. The van der Waals surface area contributed by atoms with Gasteiger partial charge in [-0.05, 0) is 6.42 Å². The number of sulfone groups is 1. The monoisotopic (exact) mass is 179 g/mol. The van der Waals surface area contributed by atoms with Crippen LogP contribution in [0, 0.1) is 0 Å². The van der Waals surface area contributed by atoms with Crippen LogP contribution in [0.4, 0.5) is 0 Å². The molecule has 1 aliphatic carbocycles. The lowest BCUT2D eigenvalue weighted by Crippen LogP contribution is -2.34. The Balaban J connectivity index is 2.71. The van der Waals surface area contributed by atoms with Crippen LogP contribution < -0.4 is 5.73 Å². The third-order valence-electron chi connectivity index (χ3n) is 2.18. The number of aliphatic hydroxyl groups is 1. The summed E-state index contributed by atoms with van der Waals surface area (Å²) >= 11 is 0. The van der Waals surface area contributed by atoms with Crippen molar-refractivity contribution in [2.24, 2.45) is 5.73 Å². The van der Waals surface area contributed by atoms with Crippen molar-refractivity contribution in [3.05, 3.63) is 0 Å². The maximum Gasteiger partial charge on any atom is 0.154 e. The zero-order chi connectivity index (χ0) is 8.70. The molecule has 0 radical (unpaired) electrons. The van der Waals surface area contributed by atoms with Crippen LogP contribution in [-0.2, 0) is 9.84 Å². The summed E-state index contributed by atoms with van der Waals surface area (Å²) in [5.74, 6) is 0.108. The molecule has 0 saturated heterocycles. The molecule has 0 aliphatic heterocycles. The highest BCUT2D eigenvalue weighted by Crippen LogP contribution is 2.39. The summed E-state index contributed by atoms with van der Waals surface area (Å²) in [6.45, 7) is 1.35. The smallest absolute Gasteiger partial charge is 0.154 e. The molecular formula is C6H13NO3S. The first-order chi connectivity index (χ1) is 4.96. The van der Waals surface area contributed by atoms with Gasteiger partial charge in [0, 0.05) is 5.75 Å². The Morgan fingerprint density at radius 3 is 2.55 bits per heavy atom. The predicted octanol–water partition coefficient (Wildman–Crippen LogP) is -1.12. The minimum Gasteiger partial charge on any atom is -0.394 e. The van der Waals surface area contributed by atoms with Crippen LogP contribution in [0.5, 0.6) is 0 Å². The maximum absolute atomic E-state index is 11.1. The second kappa shape index (κ2) is 2.43. The van der Waals surface area contributed by atoms with Crippen molar-refractivity contribution in [2.75, 3.05) is 12.4 Å². The summed E-state index contributed by atoms with van der Waals surface area (Å²) in [4.78, 5) is 0. The molecule has 0 spiro atoms. The first kappa shape index (κ1) is 8.96. The molecule has 1 fully saturated rings. The molecule has 0 unspecified atom stereocenters. The van der Waals surface area contributed by atoms with Gasteiger partial charge in [0.05, 0.1) is 17.4 Å². The van der Waals surface area contributed by atoms with E-state index in [-0.39, 0.29) is 12.4 Å². The minimum absolute atomic E-state index is 0.108. The van der Waals surface area contributed by atoms with Crippen LogP contribution in [0.25, 0.3) is 0 Å². The lowest BCUT2D eigenvalue weighted by Gasteiger charge is -2.05. The fourth-order valence-electron chi connectivity index (χ4n) is 1.14. The highest BCUT2D eigenvalue weighted by molar-refractivity contribution is 7.92. The van der Waals surface area contributed by atoms with Gasteiger partial charge in [-0.25, -0.2) is 8.42 Å². The van der Waals surface area contributed by atoms with E-state index in [1.54, 1.807) is 6.92 Å². The molecule has 1 saturated carbocycles. The molecule has 3 N–H and O–H groups in total. The van der Waals surface area contributed by atoms with Gasteiger partial charge in [0.15, 0.2) is 9.84 Å². The van der Waals surface area contributed by atoms with Crippen LogP contribution in [0.1, 0.15) is 13.3 Å². The maximum atomic E-state index is 11.1. The van der Waals surface area contributed by atoms with E-state index in [4.69, 9.17) is 10.8 Å². The second-order valence-corrected chi connectivity index (χ2v) is 5.51. The van der Waals surface area contributed by atoms with Gasteiger partial charge in [0.2, 0.25) is 0 Å². The first-order valence-electron chi connectivity index (χ1n) is 3.57. The quantitative estimate of drug-likeness (QED) is 0.575. The zero-order valence-electron chi connectivity index (χ0n) is 6.45. The van der Waals surface area contributed by atoms with Gasteiger partial charge in [-0.15, -0.1) is 0 Å². The van der Waals surface area contributed by atoms with E-state index in [1.165, 1.54) is 0 Å². The minimum atomic E-state index is -3.03. The number of aliphatic hydroxyl groups excluding tert-OH is 1. The molecule has 11 heavy (non-hydrogen) atoms. The third-order valence-corrected chi connectivity index (χ3v) is 4.48. The van der Waals surface area contributed by atoms with Gasteiger partial charge in [-0.3, -0.25) is 0 Å². The largest absolute Gasteiger partial charge is 0.394 e. The number of hydrogen-bond donors (Lipinski definition) is 2. The fourth-order valence-corrected chi connectivity index (χ4v) is 2.89. The van der Waals surface area contributed by atoms with Crippen LogP contribution >= 0.6 is 0 Å². The molecule has 0 aromatic carbocycles. The Labute approximate surface area is 66.3 Å². The SMILES string of the molecule is CCS(=O)(=O)[C@H]1C[C@]1(N)CO. The van der Waals surface area contributed by atoms with Crippen LogP contribution in [-0.4, -0.2) is 36.7 Å². The van der Waals surface area contributed by atoms with E-state index in [2.05, 4.69) is 0 Å². The molecule has 0 aromatic rings. The lowest BCUT2D eigenvalue weighted by molar-refractivity contribution is 0.257. The van der Waals surface area contributed by atoms with E-state index in [1.807, 2.05) is 0 Å². The van der Waals surface area contributed by atoms with Crippen molar-refractivity contribution in [2.45, 2.75) is 24.1 Å². The van der Waals surface area contributed by atoms with Crippen molar-refractivity contribution in [3.8, 4) is 0 Å². The molecule has 66 valence electrons. The molecule has 1 aliphatic rings. The van der Waals surface area contributed by atoms with Crippen molar-refractivity contribution in [3.63, 3.8) is 0 Å². The van der Waals surface area contributed by atoms with Crippen LogP contribution in [0.15, 0.2) is 0 Å². The molecular weight excluding hydrogens is 166 g/mol. The number of hydrogen-bond acceptors (Lipinski definition) is 4. The Morgan fingerprint density at radius 1 is 1.73 bits per heavy atom. The van der Waals surface area contributed by atoms with Crippen LogP contribution in [0.2, 0.25) is 0 Å². The summed E-state index contributed by atoms with van der Waals surface area (Å²) < 4.78 is 22.3. The topological polar surface area (TPSA) is 80.4 Å². The molecule has 0 aromatic heterocycles. The number of rotatable bonds is 3. The third kappa shape index (κ3) is 1.40. The van der Waals surface area contributed by atoms with Gasteiger partial charge < -0.3 is 10.8 Å². The molecule has 5 heteroatoms. The highest BCUT2D eigenvalue weighted by atomic mass is 32.2. The normalized spacial score (nSPS) is 37.2. The summed E-state index contributed by atoms with van der Waals surface area (Å²) in [5, 5.41) is 8.20. The predicted molar refractivity (Wildman–Crippen MR) is 41.9 cm³/mol. The molecule has 1 rings (SSSR count). The Hall–Kier alpha value is -0.130. The Morgan fingerprint density at radius 2 is 2.27 bits per heavy atom. The van der Waals surface area contributed by atoms with Gasteiger partial charge in [0.1, 0.15) is 0 Å². The lowest BCUT2D eigenvalue weighted by atomic mass is 10.3. The van der Waals surface area contributed by atoms with Crippen molar-refractivity contribution in [1.82, 2.24) is 0 Å². The fraction of sp³-hybridized carbons (Fsp3) is 1.00. The summed E-state index contributed by atoms with van der Waals surface area (Å²) in [7, 11) is -3.03. The molecule has 0 bridgehead atoms. The zero-order valence-corrected chi connectivity index (χ0v) is 7.26. The second-order valence-electron chi connectivity index (χ2n) is 3.04. The van der Waals surface area contributed by atoms with Crippen LogP contribution in [0.3, 0.4) is 0 Å². The van der Waals surface area contributed by atoms with E-state index in [0.29, 0.717) is 6.42 Å². The van der Waals surface area contributed by atoms with Crippen molar-refractivity contribution >= 4 is 9.84 Å². The van der Waals surface area contributed by atoms with Crippen molar-refractivity contribution < 1.29 is 13.5 Å². The molecule has 0 amide bonds. The standard InChI is InChI=1S/C6H13NO3S/c1-2-11(9,10)5-3-6(5,7)4-8/h5,8H,2-4,7H2,1H3/t5-,6-/m0/s1. The first-order valence-corrected chi connectivity index (χ1v) is 5.29. The van der Waals surface area contributed by atoms with Gasteiger partial charge >= 0.3 is 0 Å². The van der Waals surface area contributed by atoms with E-state index in [9.17, 15) is 8.42 Å². The van der Waals surface area contributed by atoms with Gasteiger partial charge in [0.25, 0.3) is 0 Å². The highest BCUT2D eigenvalue weighted by Gasteiger charge is 2.57. The van der Waals surface area contributed by atoms with Gasteiger partial charge in [-0.1, -0.05) is 6.92 Å². The Bertz CT molecular complexity index is 249. The number of nitrogens with two attached hydrogens (primary N) is 1. The van der Waals surface area contributed by atoms with Crippen molar-refractivity contribution in [1.29, 1.82) is 0 Å². The van der Waals surface area contributed by atoms with E-state index < -0.39 is 20.6 Å². The summed E-state index contributed by atoms with van der Waals surface area (Å²) in [6, 6.07) is 0. The van der Waals surface area contributed by atoms with E-state index in [0.717, 1.165) is 0 Å². The molecule has 4 nitrogen and oxygen atoms in total. The average Bonchev–Trinajstić information content (AvgIpc) is 2.65. The summed E-state index contributed by atoms with van der Waals surface area (Å²) in [6.07, 6.45) is 0.402.